The van der Waals surface area contributed by atoms with E-state index in [-0.39, 0.29) is 5.91 Å². The molecule has 0 aliphatic carbocycles. The van der Waals surface area contributed by atoms with E-state index in [1.165, 1.54) is 6.26 Å². The van der Waals surface area contributed by atoms with Crippen LogP contribution < -0.4 is 5.32 Å². The number of nitrogens with zero attached hydrogens (tertiary/aromatic N) is 1. The van der Waals surface area contributed by atoms with Gasteiger partial charge in [0.1, 0.15) is 23.8 Å². The van der Waals surface area contributed by atoms with E-state index in [1.54, 1.807) is 24.5 Å². The Kier molecular flexibility index (Phi) is 3.82. The highest BCUT2D eigenvalue weighted by atomic mass is 16.5. The molecule has 3 aromatic rings. The van der Waals surface area contributed by atoms with Crippen molar-refractivity contribution in [3.8, 4) is 0 Å². The molecule has 21 heavy (non-hydrogen) atoms. The van der Waals surface area contributed by atoms with Crippen LogP contribution in [0.1, 0.15) is 23.1 Å². The average Bonchev–Trinajstić information content (AvgIpc) is 3.19. The molecule has 0 saturated carbocycles. The van der Waals surface area contributed by atoms with E-state index in [1.807, 2.05) is 30.3 Å². The van der Waals surface area contributed by atoms with E-state index < -0.39 is 6.04 Å². The lowest BCUT2D eigenvalue weighted by atomic mass is 10.1. The van der Waals surface area contributed by atoms with Crippen molar-refractivity contribution in [2.24, 2.45) is 0 Å². The number of carbonyl (C=O) groups is 1. The van der Waals surface area contributed by atoms with Gasteiger partial charge in [0.15, 0.2) is 0 Å². The number of benzene rings is 1. The molecule has 2 heterocycles. The summed E-state index contributed by atoms with van der Waals surface area (Å²) in [6.07, 6.45) is 3.33. The van der Waals surface area contributed by atoms with Crippen molar-refractivity contribution in [1.29, 1.82) is 0 Å². The highest BCUT2D eigenvalue weighted by Gasteiger charge is 2.21. The van der Waals surface area contributed by atoms with Crippen molar-refractivity contribution in [2.45, 2.75) is 12.5 Å². The zero-order chi connectivity index (χ0) is 14.5. The molecule has 0 aliphatic rings. The lowest BCUT2D eigenvalue weighted by molar-refractivity contribution is -0.121. The number of hydrogen-bond acceptors (Lipinski definition) is 4. The van der Waals surface area contributed by atoms with E-state index in [2.05, 4.69) is 10.5 Å². The molecule has 0 fully saturated rings. The van der Waals surface area contributed by atoms with Crippen LogP contribution in [0.2, 0.25) is 0 Å². The Balaban J connectivity index is 1.75. The van der Waals surface area contributed by atoms with Crippen molar-refractivity contribution < 1.29 is 13.7 Å². The molecule has 1 unspecified atom stereocenters. The molecule has 0 aliphatic heterocycles. The summed E-state index contributed by atoms with van der Waals surface area (Å²) in [5.41, 5.74) is 1.56. The maximum absolute atomic E-state index is 12.2. The second-order valence-electron chi connectivity index (χ2n) is 4.60. The average molecular weight is 282 g/mol. The summed E-state index contributed by atoms with van der Waals surface area (Å²) in [5, 5.41) is 6.80. The van der Waals surface area contributed by atoms with Crippen LogP contribution in [0.5, 0.6) is 0 Å². The smallest absolute Gasteiger partial charge is 0.225 e. The van der Waals surface area contributed by atoms with Crippen molar-refractivity contribution >= 4 is 5.91 Å². The quantitative estimate of drug-likeness (QED) is 0.781. The van der Waals surface area contributed by atoms with Gasteiger partial charge in [-0.1, -0.05) is 35.5 Å². The summed E-state index contributed by atoms with van der Waals surface area (Å²) in [4.78, 5) is 12.2. The normalized spacial score (nSPS) is 12.0. The van der Waals surface area contributed by atoms with Crippen LogP contribution in [0.3, 0.4) is 0 Å². The fourth-order valence-corrected chi connectivity index (χ4v) is 2.11. The van der Waals surface area contributed by atoms with Gasteiger partial charge < -0.3 is 14.3 Å². The van der Waals surface area contributed by atoms with E-state index in [0.29, 0.717) is 17.9 Å². The summed E-state index contributed by atoms with van der Waals surface area (Å²) < 4.78 is 10.2. The fraction of sp³-hybridized carbons (Fsp3) is 0.125. The van der Waals surface area contributed by atoms with Crippen LogP contribution in [-0.2, 0) is 11.2 Å². The van der Waals surface area contributed by atoms with Gasteiger partial charge in [-0.25, -0.2) is 0 Å². The van der Waals surface area contributed by atoms with Crippen LogP contribution in [0, 0.1) is 0 Å². The molecule has 1 amide bonds. The number of rotatable bonds is 5. The number of nitrogens with one attached hydrogen (secondary N) is 1. The molecule has 1 aromatic carbocycles. The Bertz CT molecular complexity index is 641. The highest BCUT2D eigenvalue weighted by Crippen LogP contribution is 2.21. The topological polar surface area (TPSA) is 68.3 Å². The van der Waals surface area contributed by atoms with Crippen LogP contribution in [-0.4, -0.2) is 11.1 Å². The minimum atomic E-state index is -0.449. The van der Waals surface area contributed by atoms with Gasteiger partial charge >= 0.3 is 0 Å². The van der Waals surface area contributed by atoms with Crippen molar-refractivity contribution in [2.75, 3.05) is 0 Å². The molecule has 5 heteroatoms. The Labute approximate surface area is 121 Å². The summed E-state index contributed by atoms with van der Waals surface area (Å²) in [6, 6.07) is 14.4. The highest BCUT2D eigenvalue weighted by molar-refractivity contribution is 5.79. The second kappa shape index (κ2) is 6.09. The number of hydrogen-bond donors (Lipinski definition) is 1. The Morgan fingerprint density at radius 2 is 1.95 bits per heavy atom. The third-order valence-corrected chi connectivity index (χ3v) is 3.09. The lowest BCUT2D eigenvalue weighted by Gasteiger charge is -2.14. The van der Waals surface area contributed by atoms with Gasteiger partial charge in [0, 0.05) is 6.07 Å². The summed E-state index contributed by atoms with van der Waals surface area (Å²) >= 11 is 0. The molecule has 0 spiro atoms. The third kappa shape index (κ3) is 3.20. The third-order valence-electron chi connectivity index (χ3n) is 3.09. The minimum absolute atomic E-state index is 0.106. The van der Waals surface area contributed by atoms with Crippen LogP contribution in [0.25, 0.3) is 0 Å². The van der Waals surface area contributed by atoms with Crippen LogP contribution >= 0.6 is 0 Å². The largest absolute Gasteiger partial charge is 0.467 e. The molecular formula is C16H14N2O3. The molecule has 3 rings (SSSR count). The Morgan fingerprint density at radius 1 is 1.10 bits per heavy atom. The van der Waals surface area contributed by atoms with Gasteiger partial charge in [-0.15, -0.1) is 0 Å². The minimum Gasteiger partial charge on any atom is -0.467 e. The Morgan fingerprint density at radius 3 is 2.62 bits per heavy atom. The second-order valence-corrected chi connectivity index (χ2v) is 4.60. The van der Waals surface area contributed by atoms with Gasteiger partial charge in [0.05, 0.1) is 12.7 Å². The number of furan rings is 1. The zero-order valence-electron chi connectivity index (χ0n) is 11.2. The number of carbonyl (C=O) groups excluding carboxylic acids is 1. The van der Waals surface area contributed by atoms with Gasteiger partial charge in [-0.05, 0) is 17.7 Å². The first kappa shape index (κ1) is 13.2. The van der Waals surface area contributed by atoms with E-state index in [0.717, 1.165) is 5.56 Å². The lowest BCUT2D eigenvalue weighted by Crippen LogP contribution is -2.30. The molecule has 1 atom stereocenters. The molecule has 1 N–H and O–H groups in total. The standard InChI is InChI=1S/C16H14N2O3/c19-15(11-12-5-2-1-3-6-12)17-16(13-8-10-21-18-13)14-7-4-9-20-14/h1-10,16H,11H2,(H,17,19). The summed E-state index contributed by atoms with van der Waals surface area (Å²) in [5.74, 6) is 0.510. The molecule has 106 valence electrons. The first-order chi connectivity index (χ1) is 10.3. The van der Waals surface area contributed by atoms with E-state index >= 15 is 0 Å². The van der Waals surface area contributed by atoms with Gasteiger partial charge in [0.2, 0.25) is 5.91 Å². The Hall–Kier alpha value is -2.82. The van der Waals surface area contributed by atoms with E-state index in [4.69, 9.17) is 8.94 Å². The van der Waals surface area contributed by atoms with Crippen molar-refractivity contribution in [3.05, 3.63) is 78.1 Å². The fourth-order valence-electron chi connectivity index (χ4n) is 2.11. The van der Waals surface area contributed by atoms with Gasteiger partial charge in [-0.2, -0.15) is 0 Å². The molecule has 2 aromatic heterocycles. The number of amides is 1. The zero-order valence-corrected chi connectivity index (χ0v) is 11.2. The monoisotopic (exact) mass is 282 g/mol. The molecular weight excluding hydrogens is 268 g/mol. The number of aromatic nitrogens is 1. The first-order valence-electron chi connectivity index (χ1n) is 6.60. The van der Waals surface area contributed by atoms with Crippen molar-refractivity contribution in [3.63, 3.8) is 0 Å². The molecule has 5 nitrogen and oxygen atoms in total. The predicted molar refractivity (Wildman–Crippen MR) is 75.3 cm³/mol. The summed E-state index contributed by atoms with van der Waals surface area (Å²) in [6.45, 7) is 0. The maximum Gasteiger partial charge on any atom is 0.225 e. The van der Waals surface area contributed by atoms with Gasteiger partial charge in [0.25, 0.3) is 0 Å². The summed E-state index contributed by atoms with van der Waals surface area (Å²) in [7, 11) is 0. The molecule has 0 saturated heterocycles. The van der Waals surface area contributed by atoms with Crippen LogP contribution in [0.15, 0.2) is 70.0 Å². The molecule has 0 bridgehead atoms. The van der Waals surface area contributed by atoms with E-state index in [9.17, 15) is 4.79 Å². The van der Waals surface area contributed by atoms with Crippen molar-refractivity contribution in [1.82, 2.24) is 10.5 Å². The van der Waals surface area contributed by atoms with Crippen LogP contribution in [0.4, 0.5) is 0 Å². The molecule has 0 radical (unpaired) electrons. The van der Waals surface area contributed by atoms with Gasteiger partial charge in [-0.3, -0.25) is 4.79 Å². The predicted octanol–water partition coefficient (Wildman–Crippen LogP) is 2.72. The first-order valence-corrected chi connectivity index (χ1v) is 6.60. The maximum atomic E-state index is 12.2. The SMILES string of the molecule is O=C(Cc1ccccc1)NC(c1ccon1)c1ccco1.